The van der Waals surface area contributed by atoms with Crippen molar-refractivity contribution in [1.82, 2.24) is 5.32 Å². The van der Waals surface area contributed by atoms with Gasteiger partial charge >= 0.3 is 24.4 Å². The van der Waals surface area contributed by atoms with Gasteiger partial charge in [-0.2, -0.15) is 0 Å². The molecule has 0 saturated carbocycles. The molecule has 0 saturated heterocycles. The number of hydrogen-bond donors (Lipinski definition) is 1. The Labute approximate surface area is 242 Å². The monoisotopic (exact) mass is 583 g/mol. The minimum atomic E-state index is -0.992. The number of esters is 1. The zero-order chi connectivity index (χ0) is 31.2. The summed E-state index contributed by atoms with van der Waals surface area (Å²) in [5.74, 6) is -0.569. The molecule has 0 aliphatic carbocycles. The molecule has 12 nitrogen and oxygen atoms in total. The molecule has 0 amide bonds. The van der Waals surface area contributed by atoms with Crippen molar-refractivity contribution in [3.63, 3.8) is 0 Å². The van der Waals surface area contributed by atoms with E-state index in [0.717, 1.165) is 0 Å². The van der Waals surface area contributed by atoms with Crippen LogP contribution in [-0.4, -0.2) is 70.6 Å². The van der Waals surface area contributed by atoms with Crippen LogP contribution in [0.2, 0.25) is 0 Å². The van der Waals surface area contributed by atoms with Crippen molar-refractivity contribution in [1.29, 1.82) is 0 Å². The molecule has 1 aromatic carbocycles. The average molecular weight is 584 g/mol. The van der Waals surface area contributed by atoms with Gasteiger partial charge in [0.25, 0.3) is 0 Å². The van der Waals surface area contributed by atoms with Crippen LogP contribution in [0, 0.1) is 16.7 Å². The van der Waals surface area contributed by atoms with Crippen LogP contribution in [-0.2, 0) is 34.9 Å². The van der Waals surface area contributed by atoms with Gasteiger partial charge in [-0.25, -0.2) is 14.4 Å². The molecular weight excluding hydrogens is 538 g/mol. The number of carbonyl (C=O) groups excluding carboxylic acids is 4. The lowest BCUT2D eigenvalue weighted by molar-refractivity contribution is -0.143. The predicted octanol–water partition coefficient (Wildman–Crippen LogP) is 5.29. The Bertz CT molecular complexity index is 1010. The van der Waals surface area contributed by atoms with Crippen LogP contribution in [0.5, 0.6) is 11.5 Å². The number of hydrogen-bond acceptors (Lipinski definition) is 12. The second kappa shape index (κ2) is 16.7. The van der Waals surface area contributed by atoms with Crippen molar-refractivity contribution in [3.05, 3.63) is 23.8 Å². The molecule has 0 fully saturated rings. The van der Waals surface area contributed by atoms with E-state index in [1.54, 1.807) is 6.07 Å². The van der Waals surface area contributed by atoms with Gasteiger partial charge < -0.3 is 38.5 Å². The molecule has 0 bridgehead atoms. The number of methoxy groups -OCH3 is 1. The van der Waals surface area contributed by atoms with Crippen LogP contribution >= 0.6 is 0 Å². The van der Waals surface area contributed by atoms with E-state index in [0.29, 0.717) is 5.56 Å². The van der Waals surface area contributed by atoms with E-state index in [9.17, 15) is 19.2 Å². The lowest BCUT2D eigenvalue weighted by atomic mass is 9.99. The standard InChI is InChI=1S/C29H45NO11/c1-19(2)16-37-25(32)36-13-12-30-21(24(31)35-9)14-20-10-11-22(40-26(33)38-17-28(3,4)5)23(15-20)41-27(34)39-18-29(6,7)8/h10-11,15,19,21,30H,12-14,16-18H2,1-9H3/t21-/m0/s1. The Morgan fingerprint density at radius 3 is 1.85 bits per heavy atom. The van der Waals surface area contributed by atoms with Gasteiger partial charge in [0.2, 0.25) is 0 Å². The van der Waals surface area contributed by atoms with Gasteiger partial charge in [0.15, 0.2) is 11.5 Å². The molecule has 0 aliphatic rings. The number of ether oxygens (including phenoxy) is 7. The lowest BCUT2D eigenvalue weighted by Gasteiger charge is -2.20. The summed E-state index contributed by atoms with van der Waals surface area (Å²) >= 11 is 0. The Kier molecular flexibility index (Phi) is 14.4. The number of rotatable bonds is 13. The topological polar surface area (TPSA) is 145 Å². The summed E-state index contributed by atoms with van der Waals surface area (Å²) < 4.78 is 35.8. The molecule has 0 unspecified atom stereocenters. The Hall–Kier alpha value is -3.54. The summed E-state index contributed by atoms with van der Waals surface area (Å²) in [5, 5.41) is 2.97. The molecule has 0 aliphatic heterocycles. The highest BCUT2D eigenvalue weighted by Gasteiger charge is 2.23. The molecule has 12 heteroatoms. The fraction of sp³-hybridized carbons (Fsp3) is 0.655. The van der Waals surface area contributed by atoms with Gasteiger partial charge in [0.05, 0.1) is 26.9 Å². The van der Waals surface area contributed by atoms with Crippen LogP contribution in [0.1, 0.15) is 61.0 Å². The zero-order valence-electron chi connectivity index (χ0n) is 25.6. The molecule has 41 heavy (non-hydrogen) atoms. The highest BCUT2D eigenvalue weighted by atomic mass is 16.7. The largest absolute Gasteiger partial charge is 0.513 e. The van der Waals surface area contributed by atoms with Crippen molar-refractivity contribution in [2.75, 3.05) is 40.1 Å². The van der Waals surface area contributed by atoms with Gasteiger partial charge in [-0.1, -0.05) is 61.5 Å². The van der Waals surface area contributed by atoms with Gasteiger partial charge in [0, 0.05) is 6.54 Å². The molecular formula is C29H45NO11. The summed E-state index contributed by atoms with van der Waals surface area (Å²) in [5.41, 5.74) is -0.0429. The van der Waals surface area contributed by atoms with Crippen molar-refractivity contribution in [2.45, 2.75) is 67.9 Å². The number of benzene rings is 1. The fourth-order valence-corrected chi connectivity index (χ4v) is 2.89. The summed E-state index contributed by atoms with van der Waals surface area (Å²) in [6, 6.07) is 3.63. The maximum absolute atomic E-state index is 12.4. The van der Waals surface area contributed by atoms with Crippen LogP contribution in [0.15, 0.2) is 18.2 Å². The third-order valence-corrected chi connectivity index (χ3v) is 4.81. The molecule has 1 N–H and O–H groups in total. The molecule has 1 atom stereocenters. The third kappa shape index (κ3) is 16.3. The van der Waals surface area contributed by atoms with E-state index in [2.05, 4.69) is 5.32 Å². The highest BCUT2D eigenvalue weighted by molar-refractivity contribution is 5.76. The van der Waals surface area contributed by atoms with E-state index in [4.69, 9.17) is 33.2 Å². The Balaban J connectivity index is 3.00. The van der Waals surface area contributed by atoms with Gasteiger partial charge in [-0.05, 0) is 40.9 Å². The SMILES string of the molecule is COC(=O)[C@H](Cc1ccc(OC(=O)OCC(C)(C)C)c(OC(=O)OCC(C)(C)C)c1)NCCOC(=O)OCC(C)C. The molecule has 1 rings (SSSR count). The first-order valence-electron chi connectivity index (χ1n) is 13.4. The number of carbonyl (C=O) groups is 4. The van der Waals surface area contributed by atoms with Gasteiger partial charge in [-0.15, -0.1) is 0 Å². The molecule has 0 radical (unpaired) electrons. The molecule has 0 heterocycles. The lowest BCUT2D eigenvalue weighted by Crippen LogP contribution is -2.41. The van der Waals surface area contributed by atoms with E-state index < -0.39 is 30.5 Å². The van der Waals surface area contributed by atoms with Crippen molar-refractivity contribution < 1.29 is 52.3 Å². The normalized spacial score (nSPS) is 12.2. The van der Waals surface area contributed by atoms with Crippen molar-refractivity contribution in [3.8, 4) is 11.5 Å². The van der Waals surface area contributed by atoms with E-state index in [-0.39, 0.29) is 67.6 Å². The van der Waals surface area contributed by atoms with Crippen LogP contribution in [0.3, 0.4) is 0 Å². The zero-order valence-corrected chi connectivity index (χ0v) is 25.6. The average Bonchev–Trinajstić information content (AvgIpc) is 2.87. The van der Waals surface area contributed by atoms with Crippen LogP contribution in [0.4, 0.5) is 14.4 Å². The maximum atomic E-state index is 12.4. The fourth-order valence-electron chi connectivity index (χ4n) is 2.89. The molecule has 0 aromatic heterocycles. The minimum Gasteiger partial charge on any atom is -0.468 e. The van der Waals surface area contributed by atoms with Crippen LogP contribution < -0.4 is 14.8 Å². The second-order valence-electron chi connectivity index (χ2n) is 12.2. The summed E-state index contributed by atoms with van der Waals surface area (Å²) in [6.45, 7) is 15.7. The predicted molar refractivity (Wildman–Crippen MR) is 149 cm³/mol. The van der Waals surface area contributed by atoms with Gasteiger partial charge in [0.1, 0.15) is 12.6 Å². The maximum Gasteiger partial charge on any atom is 0.513 e. The summed E-state index contributed by atoms with van der Waals surface area (Å²) in [6.07, 6.45) is -2.66. The first-order chi connectivity index (χ1) is 19.0. The summed E-state index contributed by atoms with van der Waals surface area (Å²) in [7, 11) is 1.25. The quantitative estimate of drug-likeness (QED) is 0.139. The first-order valence-corrected chi connectivity index (χ1v) is 13.4. The summed E-state index contributed by atoms with van der Waals surface area (Å²) in [4.78, 5) is 48.7. The van der Waals surface area contributed by atoms with Crippen molar-refractivity contribution >= 4 is 24.4 Å². The van der Waals surface area contributed by atoms with Crippen LogP contribution in [0.25, 0.3) is 0 Å². The van der Waals surface area contributed by atoms with Gasteiger partial charge in [-0.3, -0.25) is 4.79 Å². The number of nitrogens with one attached hydrogen (secondary N) is 1. The second-order valence-corrected chi connectivity index (χ2v) is 12.2. The highest BCUT2D eigenvalue weighted by Crippen LogP contribution is 2.30. The van der Waals surface area contributed by atoms with E-state index in [1.165, 1.54) is 19.2 Å². The molecule has 1 aromatic rings. The molecule has 0 spiro atoms. The smallest absolute Gasteiger partial charge is 0.468 e. The Morgan fingerprint density at radius 1 is 0.780 bits per heavy atom. The minimum absolute atomic E-state index is 0.0398. The van der Waals surface area contributed by atoms with Crippen molar-refractivity contribution in [2.24, 2.45) is 16.7 Å². The molecule has 232 valence electrons. The van der Waals surface area contributed by atoms with E-state index in [1.807, 2.05) is 55.4 Å². The third-order valence-electron chi connectivity index (χ3n) is 4.81. The first kappa shape index (κ1) is 35.5. The van der Waals surface area contributed by atoms with E-state index >= 15 is 0 Å². The Morgan fingerprint density at radius 2 is 1.34 bits per heavy atom.